The molecule has 1 atom stereocenters. The number of benzene rings is 1. The Morgan fingerprint density at radius 3 is 2.56 bits per heavy atom. The van der Waals surface area contributed by atoms with Crippen molar-refractivity contribution in [3.8, 4) is 0 Å². The zero-order valence-electron chi connectivity index (χ0n) is 10.9. The molecule has 100 valence electrons. The molecule has 0 spiro atoms. The third kappa shape index (κ3) is 5.60. The standard InChI is InChI=1S/C13H20N2OS2/c1-11-5-7-12(8-6-11)18(16)10-4-3-9-15-13(17)14-2/h5-8H,3-4,9-10H2,1-2H3,(H2,14,15,17). The third-order valence-corrected chi connectivity index (χ3v) is 4.36. The van der Waals surface area contributed by atoms with E-state index in [1.165, 1.54) is 5.56 Å². The summed E-state index contributed by atoms with van der Waals surface area (Å²) in [7, 11) is 0.910. The van der Waals surface area contributed by atoms with E-state index in [0.29, 0.717) is 10.9 Å². The molecular weight excluding hydrogens is 264 g/mol. The molecule has 3 nitrogen and oxygen atoms in total. The van der Waals surface area contributed by atoms with Crippen LogP contribution < -0.4 is 10.6 Å². The molecule has 0 heterocycles. The Kier molecular flexibility index (Phi) is 6.90. The van der Waals surface area contributed by atoms with Crippen molar-refractivity contribution in [2.75, 3.05) is 19.3 Å². The SMILES string of the molecule is CNC(=S)NCCCCS(=O)c1ccc(C)cc1. The van der Waals surface area contributed by atoms with E-state index in [4.69, 9.17) is 12.2 Å². The molecule has 0 aliphatic carbocycles. The molecule has 1 rings (SSSR count). The molecule has 0 radical (unpaired) electrons. The first-order chi connectivity index (χ1) is 8.63. The van der Waals surface area contributed by atoms with Gasteiger partial charge in [-0.05, 0) is 44.1 Å². The van der Waals surface area contributed by atoms with Gasteiger partial charge in [0.2, 0.25) is 0 Å². The Bertz CT molecular complexity index is 404. The fourth-order valence-corrected chi connectivity index (χ4v) is 2.70. The maximum absolute atomic E-state index is 12.0. The van der Waals surface area contributed by atoms with Gasteiger partial charge in [-0.25, -0.2) is 0 Å². The molecule has 1 unspecified atom stereocenters. The average Bonchev–Trinajstić information content (AvgIpc) is 2.38. The summed E-state index contributed by atoms with van der Waals surface area (Å²) < 4.78 is 12.0. The van der Waals surface area contributed by atoms with Crippen molar-refractivity contribution in [3.63, 3.8) is 0 Å². The number of nitrogens with one attached hydrogen (secondary N) is 2. The van der Waals surface area contributed by atoms with Gasteiger partial charge in [-0.1, -0.05) is 17.7 Å². The lowest BCUT2D eigenvalue weighted by Crippen LogP contribution is -2.33. The largest absolute Gasteiger partial charge is 0.366 e. The van der Waals surface area contributed by atoms with Crippen LogP contribution in [0.15, 0.2) is 29.2 Å². The zero-order valence-corrected chi connectivity index (χ0v) is 12.5. The first-order valence-corrected chi connectivity index (χ1v) is 7.77. The minimum Gasteiger partial charge on any atom is -0.366 e. The van der Waals surface area contributed by atoms with E-state index in [0.717, 1.165) is 24.3 Å². The third-order valence-electron chi connectivity index (χ3n) is 2.55. The summed E-state index contributed by atoms with van der Waals surface area (Å²) in [6.07, 6.45) is 1.90. The van der Waals surface area contributed by atoms with Crippen LogP contribution in [0.4, 0.5) is 0 Å². The summed E-state index contributed by atoms with van der Waals surface area (Å²) in [5.41, 5.74) is 1.19. The lowest BCUT2D eigenvalue weighted by Gasteiger charge is -2.06. The van der Waals surface area contributed by atoms with Crippen molar-refractivity contribution in [1.82, 2.24) is 10.6 Å². The topological polar surface area (TPSA) is 41.1 Å². The van der Waals surface area contributed by atoms with Crippen LogP contribution in [-0.2, 0) is 10.8 Å². The van der Waals surface area contributed by atoms with E-state index in [1.807, 2.05) is 31.2 Å². The number of rotatable bonds is 6. The minimum absolute atomic E-state index is 0.662. The van der Waals surface area contributed by atoms with Crippen LogP contribution in [0.1, 0.15) is 18.4 Å². The first-order valence-electron chi connectivity index (χ1n) is 6.04. The molecular formula is C13H20N2OS2. The molecule has 0 saturated carbocycles. The quantitative estimate of drug-likeness (QED) is 0.619. The van der Waals surface area contributed by atoms with Gasteiger partial charge in [0.25, 0.3) is 0 Å². The summed E-state index contributed by atoms with van der Waals surface area (Å²) >= 11 is 4.96. The van der Waals surface area contributed by atoms with Crippen LogP contribution in [0.3, 0.4) is 0 Å². The molecule has 0 amide bonds. The van der Waals surface area contributed by atoms with Crippen LogP contribution in [0.2, 0.25) is 0 Å². The van der Waals surface area contributed by atoms with Gasteiger partial charge in [-0.2, -0.15) is 0 Å². The minimum atomic E-state index is -0.884. The van der Waals surface area contributed by atoms with Gasteiger partial charge < -0.3 is 10.6 Å². The number of hydrogen-bond acceptors (Lipinski definition) is 2. The predicted octanol–water partition coefficient (Wildman–Crippen LogP) is 1.98. The molecule has 0 bridgehead atoms. The van der Waals surface area contributed by atoms with Gasteiger partial charge in [0, 0.05) is 24.2 Å². The molecule has 0 saturated heterocycles. The highest BCUT2D eigenvalue weighted by molar-refractivity contribution is 7.85. The maximum Gasteiger partial charge on any atom is 0.166 e. The fourth-order valence-electron chi connectivity index (χ4n) is 1.46. The average molecular weight is 284 g/mol. The van der Waals surface area contributed by atoms with Gasteiger partial charge in [0.1, 0.15) is 0 Å². The zero-order chi connectivity index (χ0) is 13.4. The monoisotopic (exact) mass is 284 g/mol. The van der Waals surface area contributed by atoms with Gasteiger partial charge in [-0.15, -0.1) is 0 Å². The van der Waals surface area contributed by atoms with Crippen molar-refractivity contribution < 1.29 is 4.21 Å². The maximum atomic E-state index is 12.0. The van der Waals surface area contributed by atoms with E-state index in [2.05, 4.69) is 10.6 Å². The van der Waals surface area contributed by atoms with E-state index in [-0.39, 0.29) is 0 Å². The van der Waals surface area contributed by atoms with Crippen LogP contribution in [0.25, 0.3) is 0 Å². The van der Waals surface area contributed by atoms with Gasteiger partial charge in [0.15, 0.2) is 5.11 Å². The Labute approximate surface area is 117 Å². The second kappa shape index (κ2) is 8.21. The van der Waals surface area contributed by atoms with Gasteiger partial charge >= 0.3 is 0 Å². The lowest BCUT2D eigenvalue weighted by atomic mass is 10.2. The highest BCUT2D eigenvalue weighted by Gasteiger charge is 2.02. The summed E-state index contributed by atoms with van der Waals surface area (Å²) in [6, 6.07) is 7.89. The molecule has 18 heavy (non-hydrogen) atoms. The van der Waals surface area contributed by atoms with Crippen LogP contribution in [0, 0.1) is 6.92 Å². The van der Waals surface area contributed by atoms with Crippen molar-refractivity contribution in [1.29, 1.82) is 0 Å². The summed E-state index contributed by atoms with van der Waals surface area (Å²) in [6.45, 7) is 2.85. The van der Waals surface area contributed by atoms with Crippen LogP contribution in [0.5, 0.6) is 0 Å². The van der Waals surface area contributed by atoms with Gasteiger partial charge in [0.05, 0.1) is 10.8 Å². The molecule has 0 aliphatic rings. The van der Waals surface area contributed by atoms with Crippen molar-refractivity contribution in [3.05, 3.63) is 29.8 Å². The summed E-state index contributed by atoms with van der Waals surface area (Å²) in [5.74, 6) is 0.705. The van der Waals surface area contributed by atoms with E-state index in [9.17, 15) is 4.21 Å². The Hall–Kier alpha value is -0.940. The van der Waals surface area contributed by atoms with Crippen molar-refractivity contribution in [2.45, 2.75) is 24.7 Å². The normalized spacial score (nSPS) is 11.9. The van der Waals surface area contributed by atoms with E-state index < -0.39 is 10.8 Å². The number of thiocarbonyl (C=S) groups is 1. The second-order valence-electron chi connectivity index (χ2n) is 4.08. The highest BCUT2D eigenvalue weighted by atomic mass is 32.2. The molecule has 5 heteroatoms. The summed E-state index contributed by atoms with van der Waals surface area (Å²) in [4.78, 5) is 0.916. The smallest absolute Gasteiger partial charge is 0.166 e. The predicted molar refractivity (Wildman–Crippen MR) is 81.3 cm³/mol. The van der Waals surface area contributed by atoms with Crippen molar-refractivity contribution >= 4 is 28.1 Å². The summed E-state index contributed by atoms with van der Waals surface area (Å²) in [5, 5.41) is 6.59. The fraction of sp³-hybridized carbons (Fsp3) is 0.462. The Balaban J connectivity index is 2.21. The molecule has 1 aromatic rings. The van der Waals surface area contributed by atoms with Crippen LogP contribution in [-0.4, -0.2) is 28.7 Å². The van der Waals surface area contributed by atoms with E-state index in [1.54, 1.807) is 7.05 Å². The Morgan fingerprint density at radius 1 is 1.28 bits per heavy atom. The first kappa shape index (κ1) is 15.1. The number of unbranched alkanes of at least 4 members (excludes halogenated alkanes) is 1. The van der Waals surface area contributed by atoms with Crippen LogP contribution >= 0.6 is 12.2 Å². The van der Waals surface area contributed by atoms with E-state index >= 15 is 0 Å². The molecule has 1 aromatic carbocycles. The van der Waals surface area contributed by atoms with Crippen molar-refractivity contribution in [2.24, 2.45) is 0 Å². The second-order valence-corrected chi connectivity index (χ2v) is 6.05. The highest BCUT2D eigenvalue weighted by Crippen LogP contribution is 2.09. The molecule has 0 aromatic heterocycles. The number of hydrogen-bond donors (Lipinski definition) is 2. The number of aryl methyl sites for hydroxylation is 1. The molecule has 0 fully saturated rings. The lowest BCUT2D eigenvalue weighted by molar-refractivity contribution is 0.675. The van der Waals surface area contributed by atoms with Gasteiger partial charge in [-0.3, -0.25) is 4.21 Å². The Morgan fingerprint density at radius 2 is 1.94 bits per heavy atom. The molecule has 2 N–H and O–H groups in total. The molecule has 0 aliphatic heterocycles.